The average molecular weight is 241 g/mol. The summed E-state index contributed by atoms with van der Waals surface area (Å²) in [6.07, 6.45) is 2.41. The van der Waals surface area contributed by atoms with Crippen molar-refractivity contribution in [3.63, 3.8) is 0 Å². The predicted molar refractivity (Wildman–Crippen MR) is 61.9 cm³/mol. The van der Waals surface area contributed by atoms with Gasteiger partial charge in [0.25, 0.3) is 0 Å². The molecule has 7 nitrogen and oxygen atoms in total. The molecule has 4 amide bonds. The maximum atomic E-state index is 11.1. The minimum absolute atomic E-state index is 0.175. The molecule has 3 atom stereocenters. The van der Waals surface area contributed by atoms with Crippen molar-refractivity contribution < 1.29 is 9.59 Å². The number of nitrogens with one attached hydrogen (secondary N) is 4. The topological polar surface area (TPSA) is 108 Å². The molecule has 1 heterocycles. The Morgan fingerprint density at radius 1 is 1.24 bits per heavy atom. The van der Waals surface area contributed by atoms with Gasteiger partial charge in [-0.2, -0.15) is 0 Å². The van der Waals surface area contributed by atoms with E-state index in [0.717, 1.165) is 19.3 Å². The number of hydrogen-bond donors (Lipinski definition) is 5. The first-order valence-corrected chi connectivity index (χ1v) is 5.94. The van der Waals surface area contributed by atoms with Crippen molar-refractivity contribution in [2.75, 3.05) is 0 Å². The first-order valence-electron chi connectivity index (χ1n) is 5.94. The molecule has 1 aliphatic heterocycles. The van der Waals surface area contributed by atoms with E-state index in [2.05, 4.69) is 28.2 Å². The molecule has 96 valence electrons. The summed E-state index contributed by atoms with van der Waals surface area (Å²) in [7, 11) is 0. The Kier molecular flexibility index (Phi) is 3.49. The van der Waals surface area contributed by atoms with Crippen molar-refractivity contribution in [3.8, 4) is 0 Å². The molecule has 0 unspecified atom stereocenters. The van der Waals surface area contributed by atoms with Gasteiger partial charge in [-0.3, -0.25) is 10.6 Å². The summed E-state index contributed by atoms with van der Waals surface area (Å²) in [5.74, 6) is 0.533. The lowest BCUT2D eigenvalue weighted by Crippen LogP contribution is -2.68. The summed E-state index contributed by atoms with van der Waals surface area (Å²) >= 11 is 0. The molecule has 0 spiro atoms. The summed E-state index contributed by atoms with van der Waals surface area (Å²) in [4.78, 5) is 22.2. The highest BCUT2D eigenvalue weighted by atomic mass is 16.2. The van der Waals surface area contributed by atoms with Crippen LogP contribution in [0, 0.1) is 5.92 Å². The fourth-order valence-electron chi connectivity index (χ4n) is 2.30. The fourth-order valence-corrected chi connectivity index (χ4v) is 2.30. The van der Waals surface area contributed by atoms with Gasteiger partial charge in [0.15, 0.2) is 6.29 Å². The van der Waals surface area contributed by atoms with Gasteiger partial charge in [0.2, 0.25) is 0 Å². The molecule has 0 bridgehead atoms. The van der Waals surface area contributed by atoms with Gasteiger partial charge in [-0.25, -0.2) is 9.59 Å². The van der Waals surface area contributed by atoms with Crippen LogP contribution in [0.2, 0.25) is 0 Å². The molecule has 1 saturated carbocycles. The van der Waals surface area contributed by atoms with Crippen molar-refractivity contribution in [1.82, 2.24) is 21.3 Å². The van der Waals surface area contributed by atoms with Crippen LogP contribution in [-0.2, 0) is 0 Å². The molecule has 1 aliphatic carbocycles. The van der Waals surface area contributed by atoms with Crippen molar-refractivity contribution in [2.24, 2.45) is 11.7 Å². The summed E-state index contributed by atoms with van der Waals surface area (Å²) in [6, 6.07) is -0.571. The van der Waals surface area contributed by atoms with Gasteiger partial charge in [-0.05, 0) is 25.2 Å². The number of carbonyl (C=O) groups is 2. The first-order chi connectivity index (χ1) is 8.04. The summed E-state index contributed by atoms with van der Waals surface area (Å²) < 4.78 is 0. The second-order valence-corrected chi connectivity index (χ2v) is 4.82. The van der Waals surface area contributed by atoms with Crippen LogP contribution in [0.25, 0.3) is 0 Å². The maximum absolute atomic E-state index is 11.1. The van der Waals surface area contributed by atoms with Crippen LogP contribution in [-0.4, -0.2) is 30.4 Å². The lowest BCUT2D eigenvalue weighted by Gasteiger charge is -2.36. The van der Waals surface area contributed by atoms with Crippen LogP contribution < -0.4 is 27.0 Å². The van der Waals surface area contributed by atoms with E-state index in [1.165, 1.54) is 0 Å². The standard InChI is InChI=1S/C10H19N5O2/c1-5-2-3-6(4-7(5)11)12-8-13-9(16)15-10(17)14-8/h5-8,12H,2-4,11H2,1H3,(H3,13,14,15,16,17)/t5-,6+,7-/m1/s1. The highest BCUT2D eigenvalue weighted by molar-refractivity contribution is 5.95. The maximum Gasteiger partial charge on any atom is 0.325 e. The molecule has 2 aliphatic rings. The van der Waals surface area contributed by atoms with E-state index in [1.54, 1.807) is 0 Å². The second kappa shape index (κ2) is 4.89. The molecule has 0 aromatic heterocycles. The van der Waals surface area contributed by atoms with Gasteiger partial charge in [-0.1, -0.05) is 6.92 Å². The number of rotatable bonds is 2. The number of imide groups is 1. The Balaban J connectivity index is 1.84. The van der Waals surface area contributed by atoms with Crippen LogP contribution in [0.5, 0.6) is 0 Å². The molecule has 17 heavy (non-hydrogen) atoms. The summed E-state index contributed by atoms with van der Waals surface area (Å²) in [5, 5.41) is 10.5. The smallest absolute Gasteiger partial charge is 0.325 e. The minimum Gasteiger partial charge on any atom is -0.327 e. The molecular formula is C10H19N5O2. The third kappa shape index (κ3) is 3.07. The lowest BCUT2D eigenvalue weighted by molar-refractivity contribution is 0.189. The monoisotopic (exact) mass is 241 g/mol. The molecule has 6 N–H and O–H groups in total. The van der Waals surface area contributed by atoms with Crippen LogP contribution in [0.1, 0.15) is 26.2 Å². The van der Waals surface area contributed by atoms with Crippen LogP contribution in [0.3, 0.4) is 0 Å². The zero-order chi connectivity index (χ0) is 12.4. The van der Waals surface area contributed by atoms with Crippen LogP contribution in [0.15, 0.2) is 0 Å². The molecule has 2 rings (SSSR count). The van der Waals surface area contributed by atoms with E-state index in [0.29, 0.717) is 5.92 Å². The SMILES string of the molecule is C[C@@H]1CC[C@H](NC2NC(=O)NC(=O)N2)C[C@H]1N. The molecular weight excluding hydrogens is 222 g/mol. The van der Waals surface area contributed by atoms with Gasteiger partial charge < -0.3 is 16.4 Å². The first kappa shape index (κ1) is 12.1. The Hall–Kier alpha value is -1.34. The lowest BCUT2D eigenvalue weighted by atomic mass is 9.83. The zero-order valence-electron chi connectivity index (χ0n) is 9.82. The van der Waals surface area contributed by atoms with Gasteiger partial charge >= 0.3 is 12.1 Å². The highest BCUT2D eigenvalue weighted by Gasteiger charge is 2.29. The molecule has 7 heteroatoms. The normalized spacial score (nSPS) is 34.8. The molecule has 0 aromatic carbocycles. The third-order valence-corrected chi connectivity index (χ3v) is 3.44. The van der Waals surface area contributed by atoms with Crippen molar-refractivity contribution in [1.29, 1.82) is 0 Å². The van der Waals surface area contributed by atoms with Crippen LogP contribution >= 0.6 is 0 Å². The molecule has 2 fully saturated rings. The second-order valence-electron chi connectivity index (χ2n) is 4.82. The van der Waals surface area contributed by atoms with E-state index in [1.807, 2.05) is 0 Å². The van der Waals surface area contributed by atoms with Gasteiger partial charge in [0, 0.05) is 12.1 Å². The third-order valence-electron chi connectivity index (χ3n) is 3.44. The van der Waals surface area contributed by atoms with E-state index >= 15 is 0 Å². The average Bonchev–Trinajstić information content (AvgIpc) is 2.22. The van der Waals surface area contributed by atoms with E-state index in [4.69, 9.17) is 5.73 Å². The van der Waals surface area contributed by atoms with Crippen LogP contribution in [0.4, 0.5) is 9.59 Å². The van der Waals surface area contributed by atoms with Crippen molar-refractivity contribution in [2.45, 2.75) is 44.6 Å². The Bertz CT molecular complexity index is 306. The number of carbonyl (C=O) groups excluding carboxylic acids is 2. The summed E-state index contributed by atoms with van der Waals surface area (Å²) in [5.41, 5.74) is 6.00. The Labute approximate surface area is 99.9 Å². The predicted octanol–water partition coefficient (Wildman–Crippen LogP) is -0.602. The van der Waals surface area contributed by atoms with Crippen molar-refractivity contribution in [3.05, 3.63) is 0 Å². The molecule has 1 saturated heterocycles. The minimum atomic E-state index is -0.512. The summed E-state index contributed by atoms with van der Waals surface area (Å²) in [6.45, 7) is 2.15. The number of urea groups is 2. The van der Waals surface area contributed by atoms with Crippen molar-refractivity contribution >= 4 is 12.1 Å². The number of hydrogen-bond acceptors (Lipinski definition) is 4. The number of amides is 4. The van der Waals surface area contributed by atoms with E-state index in [-0.39, 0.29) is 12.1 Å². The Morgan fingerprint density at radius 2 is 1.88 bits per heavy atom. The quantitative estimate of drug-likeness (QED) is 0.445. The largest absolute Gasteiger partial charge is 0.327 e. The van der Waals surface area contributed by atoms with Gasteiger partial charge in [-0.15, -0.1) is 0 Å². The fraction of sp³-hybridized carbons (Fsp3) is 0.800. The zero-order valence-corrected chi connectivity index (χ0v) is 9.82. The van der Waals surface area contributed by atoms with Gasteiger partial charge in [0.1, 0.15) is 0 Å². The number of nitrogens with two attached hydrogens (primary N) is 1. The molecule has 0 radical (unpaired) electrons. The molecule has 0 aromatic rings. The highest BCUT2D eigenvalue weighted by Crippen LogP contribution is 2.22. The van der Waals surface area contributed by atoms with E-state index < -0.39 is 18.4 Å². The van der Waals surface area contributed by atoms with Gasteiger partial charge in [0.05, 0.1) is 0 Å². The van der Waals surface area contributed by atoms with E-state index in [9.17, 15) is 9.59 Å². The Morgan fingerprint density at radius 3 is 2.47 bits per heavy atom.